The largest absolute Gasteiger partial charge is 0.488 e. The summed E-state index contributed by atoms with van der Waals surface area (Å²) in [5.41, 5.74) is 4.30. The molecule has 0 amide bonds. The second-order valence-electron chi connectivity index (χ2n) is 6.95. The van der Waals surface area contributed by atoms with E-state index < -0.39 is 0 Å². The van der Waals surface area contributed by atoms with Crippen molar-refractivity contribution in [1.29, 1.82) is 0 Å². The van der Waals surface area contributed by atoms with E-state index >= 15 is 0 Å². The summed E-state index contributed by atoms with van der Waals surface area (Å²) in [5, 5.41) is 0.891. The minimum Gasteiger partial charge on any atom is -0.488 e. The Bertz CT molecular complexity index is 1020. The highest BCUT2D eigenvalue weighted by Gasteiger charge is 2.22. The summed E-state index contributed by atoms with van der Waals surface area (Å²) in [6.45, 7) is 4.14. The molecule has 27 heavy (non-hydrogen) atoms. The molecule has 2 aliphatic rings. The standard InChI is InChI=1S/C22H20O5/c1-13(9-17-10-14(2)22(24)27-17)5-7-26-21-18-4-3-16(23)11-15(18)12-20-19(21)6-8-25-20/h3-6,8,10,12,17H,7,9,11H2,1-2H3/b13-5+. The Morgan fingerprint density at radius 2 is 2.19 bits per heavy atom. The Balaban J connectivity index is 1.51. The Labute approximate surface area is 156 Å². The number of ether oxygens (including phenoxy) is 2. The molecule has 1 unspecified atom stereocenters. The first-order valence-corrected chi connectivity index (χ1v) is 8.93. The van der Waals surface area contributed by atoms with E-state index in [4.69, 9.17) is 13.9 Å². The van der Waals surface area contributed by atoms with Gasteiger partial charge >= 0.3 is 5.97 Å². The molecule has 0 N–H and O–H groups in total. The second-order valence-corrected chi connectivity index (χ2v) is 6.95. The van der Waals surface area contributed by atoms with Crippen LogP contribution in [0.3, 0.4) is 0 Å². The smallest absolute Gasteiger partial charge is 0.334 e. The van der Waals surface area contributed by atoms with Gasteiger partial charge in [-0.15, -0.1) is 0 Å². The molecule has 138 valence electrons. The number of benzene rings is 1. The van der Waals surface area contributed by atoms with Gasteiger partial charge in [-0.05, 0) is 55.8 Å². The number of rotatable bonds is 5. The van der Waals surface area contributed by atoms with Crippen LogP contribution in [0.25, 0.3) is 17.0 Å². The molecule has 2 aromatic rings. The maximum atomic E-state index is 11.7. The van der Waals surface area contributed by atoms with Crippen LogP contribution in [0.5, 0.6) is 5.75 Å². The van der Waals surface area contributed by atoms with Gasteiger partial charge in [-0.2, -0.15) is 0 Å². The maximum absolute atomic E-state index is 11.7. The van der Waals surface area contributed by atoms with Crippen molar-refractivity contribution in [3.63, 3.8) is 0 Å². The minimum atomic E-state index is -0.247. The maximum Gasteiger partial charge on any atom is 0.334 e. The lowest BCUT2D eigenvalue weighted by molar-refractivity contribution is -0.139. The Kier molecular flexibility index (Phi) is 4.44. The molecule has 0 saturated heterocycles. The molecule has 0 fully saturated rings. The van der Waals surface area contributed by atoms with E-state index in [0.717, 1.165) is 27.8 Å². The summed E-state index contributed by atoms with van der Waals surface area (Å²) in [7, 11) is 0. The van der Waals surface area contributed by atoms with Crippen molar-refractivity contribution < 1.29 is 23.5 Å². The van der Waals surface area contributed by atoms with Crippen molar-refractivity contribution in [2.45, 2.75) is 32.8 Å². The van der Waals surface area contributed by atoms with Crippen LogP contribution in [0.2, 0.25) is 0 Å². The first-order chi connectivity index (χ1) is 13.0. The van der Waals surface area contributed by atoms with E-state index in [-0.39, 0.29) is 17.9 Å². The molecule has 0 bridgehead atoms. The molecule has 1 aliphatic carbocycles. The number of allylic oxidation sites excluding steroid dienone is 1. The molecule has 5 nitrogen and oxygen atoms in total. The third-order valence-corrected chi connectivity index (χ3v) is 4.84. The lowest BCUT2D eigenvalue weighted by Crippen LogP contribution is -2.09. The van der Waals surface area contributed by atoms with Gasteiger partial charge in [-0.3, -0.25) is 4.79 Å². The summed E-state index contributed by atoms with van der Waals surface area (Å²) in [6, 6.07) is 3.78. The molecule has 0 saturated carbocycles. The van der Waals surface area contributed by atoms with Crippen LogP contribution in [0, 0.1) is 0 Å². The molecule has 1 aliphatic heterocycles. The predicted octanol–water partition coefficient (Wildman–Crippen LogP) is 4.16. The van der Waals surface area contributed by atoms with E-state index in [1.165, 1.54) is 0 Å². The van der Waals surface area contributed by atoms with Crippen LogP contribution in [0.15, 0.2) is 52.2 Å². The SMILES string of the molecule is CC1=CC(C/C(C)=C/COc2c3c(cc4occc24)CC(=O)C=C3)OC1=O. The van der Waals surface area contributed by atoms with E-state index in [0.29, 0.717) is 30.6 Å². The Hall–Kier alpha value is -3.08. The summed E-state index contributed by atoms with van der Waals surface area (Å²) < 4.78 is 16.9. The quantitative estimate of drug-likeness (QED) is 0.589. The van der Waals surface area contributed by atoms with Crippen LogP contribution >= 0.6 is 0 Å². The normalized spacial score (nSPS) is 19.3. The van der Waals surface area contributed by atoms with Crippen LogP contribution in [0.4, 0.5) is 0 Å². The topological polar surface area (TPSA) is 65.7 Å². The van der Waals surface area contributed by atoms with E-state index in [1.54, 1.807) is 19.3 Å². The minimum absolute atomic E-state index is 0.0737. The fourth-order valence-corrected chi connectivity index (χ4v) is 3.43. The first-order valence-electron chi connectivity index (χ1n) is 8.93. The van der Waals surface area contributed by atoms with Crippen molar-refractivity contribution in [3.8, 4) is 5.75 Å². The Morgan fingerprint density at radius 1 is 1.33 bits per heavy atom. The number of hydrogen-bond donors (Lipinski definition) is 0. The van der Waals surface area contributed by atoms with Crippen LogP contribution in [-0.4, -0.2) is 24.5 Å². The highest BCUT2D eigenvalue weighted by atomic mass is 16.5. The third kappa shape index (κ3) is 3.45. The van der Waals surface area contributed by atoms with Gasteiger partial charge < -0.3 is 13.9 Å². The summed E-state index contributed by atoms with van der Waals surface area (Å²) in [4.78, 5) is 23.2. The van der Waals surface area contributed by atoms with Crippen LogP contribution < -0.4 is 4.74 Å². The molecule has 0 spiro atoms. The zero-order chi connectivity index (χ0) is 19.0. The monoisotopic (exact) mass is 364 g/mol. The number of hydrogen-bond acceptors (Lipinski definition) is 5. The van der Waals surface area contributed by atoms with Gasteiger partial charge in [-0.1, -0.05) is 5.57 Å². The van der Waals surface area contributed by atoms with Gasteiger partial charge in [0, 0.05) is 24.0 Å². The molecular formula is C22H20O5. The fraction of sp³-hybridized carbons (Fsp3) is 0.273. The zero-order valence-corrected chi connectivity index (χ0v) is 15.3. The van der Waals surface area contributed by atoms with Gasteiger partial charge in [0.25, 0.3) is 0 Å². The number of cyclic esters (lactones) is 1. The average Bonchev–Trinajstić information content (AvgIpc) is 3.20. The van der Waals surface area contributed by atoms with Crippen molar-refractivity contribution in [1.82, 2.24) is 0 Å². The summed E-state index contributed by atoms with van der Waals surface area (Å²) >= 11 is 0. The second kappa shape index (κ2) is 6.91. The van der Waals surface area contributed by atoms with E-state index in [1.807, 2.05) is 37.3 Å². The molecule has 1 atom stereocenters. The zero-order valence-electron chi connectivity index (χ0n) is 15.3. The lowest BCUT2D eigenvalue weighted by Gasteiger charge is -2.16. The number of ketones is 1. The van der Waals surface area contributed by atoms with Gasteiger partial charge in [0.15, 0.2) is 5.78 Å². The fourth-order valence-electron chi connectivity index (χ4n) is 3.43. The van der Waals surface area contributed by atoms with E-state index in [2.05, 4.69) is 0 Å². The van der Waals surface area contributed by atoms with Crippen molar-refractivity contribution >= 4 is 28.8 Å². The van der Waals surface area contributed by atoms with Crippen LogP contribution in [-0.2, 0) is 20.7 Å². The Morgan fingerprint density at radius 3 is 2.96 bits per heavy atom. The van der Waals surface area contributed by atoms with Crippen molar-refractivity contribution in [2.75, 3.05) is 6.61 Å². The molecular weight excluding hydrogens is 344 g/mol. The third-order valence-electron chi connectivity index (χ3n) is 4.84. The molecule has 1 aromatic carbocycles. The number of furan rings is 1. The van der Waals surface area contributed by atoms with Gasteiger partial charge in [0.2, 0.25) is 0 Å². The first kappa shape index (κ1) is 17.3. The van der Waals surface area contributed by atoms with Gasteiger partial charge in [-0.25, -0.2) is 4.79 Å². The molecule has 1 aromatic heterocycles. The molecule has 2 heterocycles. The molecule has 0 radical (unpaired) electrons. The number of carbonyl (C=O) groups is 2. The highest BCUT2D eigenvalue weighted by Crippen LogP contribution is 2.36. The molecule has 4 rings (SSSR count). The summed E-state index contributed by atoms with van der Waals surface area (Å²) in [6.07, 6.45) is 9.66. The highest BCUT2D eigenvalue weighted by molar-refractivity contribution is 6.02. The predicted molar refractivity (Wildman–Crippen MR) is 101 cm³/mol. The number of carbonyl (C=O) groups excluding carboxylic acids is 2. The van der Waals surface area contributed by atoms with Crippen molar-refractivity contribution in [3.05, 3.63) is 58.9 Å². The van der Waals surface area contributed by atoms with Gasteiger partial charge in [0.1, 0.15) is 24.0 Å². The summed E-state index contributed by atoms with van der Waals surface area (Å²) in [5.74, 6) is 0.556. The van der Waals surface area contributed by atoms with E-state index in [9.17, 15) is 9.59 Å². The number of esters is 1. The van der Waals surface area contributed by atoms with Gasteiger partial charge in [0.05, 0.1) is 11.6 Å². The lowest BCUT2D eigenvalue weighted by atomic mass is 9.94. The number of fused-ring (bicyclic) bond motifs is 2. The average molecular weight is 364 g/mol. The molecule has 5 heteroatoms. The van der Waals surface area contributed by atoms with Crippen LogP contribution in [0.1, 0.15) is 31.4 Å². The van der Waals surface area contributed by atoms with Crippen molar-refractivity contribution in [2.24, 2.45) is 0 Å².